The molecule has 3 heterocycles. The van der Waals surface area contributed by atoms with Gasteiger partial charge in [0, 0.05) is 12.0 Å². The van der Waals surface area contributed by atoms with E-state index in [4.69, 9.17) is 0 Å². The Hall–Kier alpha value is -3.33. The number of hydrogen-bond acceptors (Lipinski definition) is 3. The van der Waals surface area contributed by atoms with E-state index in [0.717, 1.165) is 29.9 Å². The van der Waals surface area contributed by atoms with E-state index in [0.29, 0.717) is 13.1 Å². The number of alkyl halides is 3. The summed E-state index contributed by atoms with van der Waals surface area (Å²) < 4.78 is 42.7. The molecule has 3 aromatic rings. The number of carbonyl (C=O) groups is 1. The summed E-state index contributed by atoms with van der Waals surface area (Å²) in [5, 5.41) is 7.17. The van der Waals surface area contributed by atoms with Crippen LogP contribution in [0, 0.1) is 0 Å². The van der Waals surface area contributed by atoms with Crippen LogP contribution in [0.1, 0.15) is 40.0 Å². The summed E-state index contributed by atoms with van der Waals surface area (Å²) >= 11 is 0. The smallest absolute Gasteiger partial charge is 0.363 e. The van der Waals surface area contributed by atoms with Gasteiger partial charge in [-0.05, 0) is 5.56 Å². The summed E-state index contributed by atoms with van der Waals surface area (Å²) in [5.74, 6) is -0.131. The molecule has 1 fully saturated rings. The fraction of sp³-hybridized carbons (Fsp3) is 0.360. The minimum atomic E-state index is -4.47. The molecule has 5 rings (SSSR count). The number of anilines is 1. The number of carbonyl (C=O) groups excluding carboxylic acids is 1. The molecule has 6 nitrogen and oxygen atoms in total. The van der Waals surface area contributed by atoms with Crippen LogP contribution in [0.5, 0.6) is 0 Å². The molecule has 0 radical (unpaired) electrons. The molecule has 0 bridgehead atoms. The van der Waals surface area contributed by atoms with Crippen LogP contribution in [0.25, 0.3) is 0 Å². The van der Waals surface area contributed by atoms with Crippen LogP contribution < -0.4 is 10.2 Å². The van der Waals surface area contributed by atoms with Crippen LogP contribution in [-0.2, 0) is 6.54 Å². The summed E-state index contributed by atoms with van der Waals surface area (Å²) in [6.07, 6.45) is -3.38. The van der Waals surface area contributed by atoms with Crippen LogP contribution in [0.4, 0.5) is 19.0 Å². The van der Waals surface area contributed by atoms with Crippen molar-refractivity contribution < 1.29 is 22.9 Å². The van der Waals surface area contributed by atoms with Crippen molar-refractivity contribution in [2.75, 3.05) is 31.5 Å². The zero-order valence-electron chi connectivity index (χ0n) is 18.6. The third-order valence-electron chi connectivity index (χ3n) is 6.73. The van der Waals surface area contributed by atoms with E-state index in [9.17, 15) is 18.0 Å². The zero-order chi connectivity index (χ0) is 23.7. The molecule has 34 heavy (non-hydrogen) atoms. The lowest BCUT2D eigenvalue weighted by Crippen LogP contribution is -3.13. The van der Waals surface area contributed by atoms with Gasteiger partial charge in [0.25, 0.3) is 5.91 Å². The largest absolute Gasteiger partial charge is 0.410 e. The van der Waals surface area contributed by atoms with Crippen molar-refractivity contribution in [3.63, 3.8) is 0 Å². The van der Waals surface area contributed by atoms with Crippen LogP contribution in [0.15, 0.2) is 66.9 Å². The van der Waals surface area contributed by atoms with Crippen molar-refractivity contribution in [1.82, 2.24) is 14.7 Å². The Bertz CT molecular complexity index is 1120. The third-order valence-corrected chi connectivity index (χ3v) is 6.73. The van der Waals surface area contributed by atoms with E-state index < -0.39 is 18.3 Å². The van der Waals surface area contributed by atoms with Crippen molar-refractivity contribution in [1.29, 1.82) is 0 Å². The Morgan fingerprint density at radius 1 is 1.03 bits per heavy atom. The maximum absolute atomic E-state index is 13.9. The number of fused-ring (bicyclic) bond motifs is 1. The first-order chi connectivity index (χ1) is 16.4. The van der Waals surface area contributed by atoms with Gasteiger partial charge in [-0.1, -0.05) is 60.7 Å². The second-order valence-electron chi connectivity index (χ2n) is 8.96. The predicted molar refractivity (Wildman–Crippen MR) is 121 cm³/mol. The lowest BCUT2D eigenvalue weighted by atomic mass is 9.96. The van der Waals surface area contributed by atoms with Crippen molar-refractivity contribution in [3.05, 3.63) is 83.6 Å². The average molecular weight is 471 g/mol. The Balaban J connectivity index is 1.33. The van der Waals surface area contributed by atoms with E-state index in [2.05, 4.69) is 22.5 Å². The van der Waals surface area contributed by atoms with Crippen molar-refractivity contribution in [3.8, 4) is 0 Å². The maximum Gasteiger partial charge on any atom is 0.410 e. The number of aromatic nitrogens is 2. The molecule has 0 unspecified atom stereocenters. The van der Waals surface area contributed by atoms with Gasteiger partial charge in [-0.3, -0.25) is 4.79 Å². The van der Waals surface area contributed by atoms with Crippen LogP contribution in [0.2, 0.25) is 0 Å². The van der Waals surface area contributed by atoms with Gasteiger partial charge >= 0.3 is 6.18 Å². The molecule has 1 aromatic heterocycles. The van der Waals surface area contributed by atoms with E-state index >= 15 is 0 Å². The highest BCUT2D eigenvalue weighted by Gasteiger charge is 2.47. The van der Waals surface area contributed by atoms with Gasteiger partial charge in [-0.2, -0.15) is 18.3 Å². The van der Waals surface area contributed by atoms with Crippen LogP contribution in [0.3, 0.4) is 0 Å². The zero-order valence-corrected chi connectivity index (χ0v) is 18.6. The molecule has 0 spiro atoms. The minimum Gasteiger partial charge on any atom is -0.363 e. The fourth-order valence-corrected chi connectivity index (χ4v) is 4.88. The molecule has 1 saturated heterocycles. The molecule has 2 atom stereocenters. The van der Waals surface area contributed by atoms with E-state index in [1.54, 1.807) is 29.2 Å². The van der Waals surface area contributed by atoms with Gasteiger partial charge in [0.1, 0.15) is 17.9 Å². The summed E-state index contributed by atoms with van der Waals surface area (Å²) in [6, 6.07) is 16.9. The SMILES string of the molecule is O=C(c1cnn2c1N[C@H](c1ccccc1)C[C@@H]2C(F)(F)F)N1CC[NH+](Cc2ccccc2)CC1. The first-order valence-electron chi connectivity index (χ1n) is 11.5. The Morgan fingerprint density at radius 3 is 2.32 bits per heavy atom. The third kappa shape index (κ3) is 4.52. The first-order valence-corrected chi connectivity index (χ1v) is 11.5. The highest BCUT2D eigenvalue weighted by molar-refractivity contribution is 5.99. The van der Waals surface area contributed by atoms with Gasteiger partial charge < -0.3 is 15.1 Å². The van der Waals surface area contributed by atoms with Gasteiger partial charge in [-0.25, -0.2) is 4.68 Å². The molecule has 178 valence electrons. The molecule has 2 aromatic carbocycles. The standard InChI is InChI=1S/C25H26F3N5O/c26-25(27,28)22-15-21(19-9-5-2-6-10-19)30-23-20(16-29-33(22)23)24(34)32-13-11-31(12-14-32)17-18-7-3-1-4-8-18/h1-10,16,21-22,30H,11-15,17H2/p+1/t21-,22+/m0/s1. The molecule has 2 N–H and O–H groups in total. The van der Waals surface area contributed by atoms with Crippen LogP contribution >= 0.6 is 0 Å². The number of nitrogens with zero attached hydrogens (tertiary/aromatic N) is 3. The first kappa shape index (κ1) is 22.5. The predicted octanol–water partition coefficient (Wildman–Crippen LogP) is 3.08. The number of hydrogen-bond donors (Lipinski definition) is 2. The normalized spacial score (nSPS) is 21.1. The number of amides is 1. The van der Waals surface area contributed by atoms with E-state index in [1.165, 1.54) is 16.7 Å². The molecule has 0 aliphatic carbocycles. The lowest BCUT2D eigenvalue weighted by Gasteiger charge is -2.35. The summed E-state index contributed by atoms with van der Waals surface area (Å²) in [7, 11) is 0. The second kappa shape index (κ2) is 9.13. The van der Waals surface area contributed by atoms with Crippen molar-refractivity contribution in [2.24, 2.45) is 0 Å². The number of rotatable bonds is 4. The fourth-order valence-electron chi connectivity index (χ4n) is 4.88. The lowest BCUT2D eigenvalue weighted by molar-refractivity contribution is -0.917. The van der Waals surface area contributed by atoms with Gasteiger partial charge in [0.15, 0.2) is 6.04 Å². The van der Waals surface area contributed by atoms with Gasteiger partial charge in [-0.15, -0.1) is 0 Å². The molecular weight excluding hydrogens is 443 g/mol. The van der Waals surface area contributed by atoms with Crippen molar-refractivity contribution >= 4 is 11.7 Å². The van der Waals surface area contributed by atoms with Crippen molar-refractivity contribution in [2.45, 2.75) is 31.2 Å². The van der Waals surface area contributed by atoms with Gasteiger partial charge in [0.2, 0.25) is 0 Å². The highest BCUT2D eigenvalue weighted by Crippen LogP contribution is 2.44. The molecular formula is C25H27F3N5O+. The van der Waals surface area contributed by atoms with E-state index in [1.807, 2.05) is 24.3 Å². The molecule has 1 amide bonds. The Labute approximate surface area is 196 Å². The second-order valence-corrected chi connectivity index (χ2v) is 8.96. The van der Waals surface area contributed by atoms with Gasteiger partial charge in [0.05, 0.1) is 38.4 Å². The summed E-state index contributed by atoms with van der Waals surface area (Å²) in [4.78, 5) is 16.4. The van der Waals surface area contributed by atoms with E-state index in [-0.39, 0.29) is 23.7 Å². The number of benzene rings is 2. The number of halogens is 3. The molecule has 9 heteroatoms. The molecule has 2 aliphatic heterocycles. The Kier molecular flexibility index (Phi) is 6.03. The number of piperazine rings is 1. The maximum atomic E-state index is 13.9. The summed E-state index contributed by atoms with van der Waals surface area (Å²) in [5.41, 5.74) is 2.19. The quantitative estimate of drug-likeness (QED) is 0.616. The molecule has 2 aliphatic rings. The number of quaternary nitrogens is 1. The summed E-state index contributed by atoms with van der Waals surface area (Å²) in [6.45, 7) is 3.57. The Morgan fingerprint density at radius 2 is 1.68 bits per heavy atom. The highest BCUT2D eigenvalue weighted by atomic mass is 19.4. The van der Waals surface area contributed by atoms with Crippen LogP contribution in [-0.4, -0.2) is 52.9 Å². The monoisotopic (exact) mass is 470 g/mol. The average Bonchev–Trinajstić information content (AvgIpc) is 3.28. The minimum absolute atomic E-state index is 0.145. The molecule has 0 saturated carbocycles. The number of nitrogens with one attached hydrogen (secondary N) is 2. The topological polar surface area (TPSA) is 54.6 Å².